The van der Waals surface area contributed by atoms with Crippen molar-refractivity contribution in [2.45, 2.75) is 17.9 Å². The van der Waals surface area contributed by atoms with E-state index < -0.39 is 0 Å². The first-order valence-electron chi connectivity index (χ1n) is 7.33. The van der Waals surface area contributed by atoms with Crippen LogP contribution in [0.4, 0.5) is 4.39 Å². The highest BCUT2D eigenvalue weighted by Gasteiger charge is 2.12. The molecule has 0 aliphatic heterocycles. The van der Waals surface area contributed by atoms with Crippen molar-refractivity contribution in [3.8, 4) is 11.8 Å². The van der Waals surface area contributed by atoms with E-state index in [0.717, 1.165) is 5.75 Å². The summed E-state index contributed by atoms with van der Waals surface area (Å²) in [4.78, 5) is 12.0. The predicted molar refractivity (Wildman–Crippen MR) is 93.5 cm³/mol. The van der Waals surface area contributed by atoms with Crippen molar-refractivity contribution in [2.75, 3.05) is 6.54 Å². The maximum absolute atomic E-state index is 13.0. The highest BCUT2D eigenvalue weighted by molar-refractivity contribution is 7.99. The summed E-state index contributed by atoms with van der Waals surface area (Å²) >= 11 is 1.58. The van der Waals surface area contributed by atoms with Crippen molar-refractivity contribution in [1.82, 2.24) is 5.32 Å². The van der Waals surface area contributed by atoms with Crippen molar-refractivity contribution in [3.63, 3.8) is 0 Å². The van der Waals surface area contributed by atoms with Gasteiger partial charge in [-0.2, -0.15) is 0 Å². The second-order valence-electron chi connectivity index (χ2n) is 4.97. The number of hydrogen-bond acceptors (Lipinski definition) is 2. The SMILES string of the molecule is CC(SCc1ccccc1)C(=O)NCC#Cc1cccc(F)c1. The molecule has 1 atom stereocenters. The third-order valence-corrected chi connectivity index (χ3v) is 4.33. The molecule has 0 aliphatic carbocycles. The van der Waals surface area contributed by atoms with Gasteiger partial charge in [0.2, 0.25) is 5.91 Å². The van der Waals surface area contributed by atoms with Crippen LogP contribution in [0.25, 0.3) is 0 Å². The predicted octanol–water partition coefficient (Wildman–Crippen LogP) is 3.62. The molecule has 2 rings (SSSR count). The van der Waals surface area contributed by atoms with Crippen molar-refractivity contribution in [2.24, 2.45) is 0 Å². The third-order valence-electron chi connectivity index (χ3n) is 3.12. The van der Waals surface area contributed by atoms with E-state index in [2.05, 4.69) is 17.2 Å². The minimum atomic E-state index is -0.313. The molecule has 0 heterocycles. The van der Waals surface area contributed by atoms with E-state index in [1.165, 1.54) is 17.7 Å². The Morgan fingerprint density at radius 2 is 2.00 bits per heavy atom. The largest absolute Gasteiger partial charge is 0.344 e. The van der Waals surface area contributed by atoms with E-state index in [0.29, 0.717) is 5.56 Å². The molecule has 0 fully saturated rings. The second kappa shape index (κ2) is 9.02. The molecule has 0 radical (unpaired) electrons. The molecule has 0 saturated heterocycles. The van der Waals surface area contributed by atoms with Crippen LogP contribution in [0.5, 0.6) is 0 Å². The van der Waals surface area contributed by atoms with E-state index in [1.54, 1.807) is 23.9 Å². The zero-order valence-corrected chi connectivity index (χ0v) is 13.7. The Hall–Kier alpha value is -2.25. The van der Waals surface area contributed by atoms with Crippen molar-refractivity contribution >= 4 is 17.7 Å². The normalized spacial score (nSPS) is 11.2. The number of carbonyl (C=O) groups is 1. The van der Waals surface area contributed by atoms with Gasteiger partial charge in [-0.15, -0.1) is 11.8 Å². The average Bonchev–Trinajstić information content (AvgIpc) is 2.57. The molecule has 0 spiro atoms. The summed E-state index contributed by atoms with van der Waals surface area (Å²) in [5.74, 6) is 6.10. The van der Waals surface area contributed by atoms with Crippen LogP contribution >= 0.6 is 11.8 Å². The fourth-order valence-corrected chi connectivity index (χ4v) is 2.73. The molecular formula is C19H18FNOS. The number of nitrogens with one attached hydrogen (secondary N) is 1. The summed E-state index contributed by atoms with van der Waals surface area (Å²) in [6, 6.07) is 16.1. The summed E-state index contributed by atoms with van der Waals surface area (Å²) in [5, 5.41) is 2.63. The molecule has 1 amide bonds. The van der Waals surface area contributed by atoms with Gasteiger partial charge in [0.05, 0.1) is 11.8 Å². The van der Waals surface area contributed by atoms with Gasteiger partial charge in [0.25, 0.3) is 0 Å². The number of halogens is 1. The van der Waals surface area contributed by atoms with Crippen LogP contribution in [-0.2, 0) is 10.5 Å². The molecule has 0 bridgehead atoms. The first-order valence-corrected chi connectivity index (χ1v) is 8.37. The molecule has 118 valence electrons. The first kappa shape index (κ1) is 17.1. The van der Waals surface area contributed by atoms with Gasteiger partial charge >= 0.3 is 0 Å². The molecule has 4 heteroatoms. The van der Waals surface area contributed by atoms with E-state index in [1.807, 2.05) is 37.3 Å². The number of rotatable bonds is 5. The standard InChI is InChI=1S/C19H18FNOS/c1-15(23-14-17-7-3-2-4-8-17)19(22)21-12-6-10-16-9-5-11-18(20)13-16/h2-5,7-9,11,13,15H,12,14H2,1H3,(H,21,22). The highest BCUT2D eigenvalue weighted by Crippen LogP contribution is 2.17. The van der Waals surface area contributed by atoms with Crippen molar-refractivity contribution in [1.29, 1.82) is 0 Å². The van der Waals surface area contributed by atoms with Gasteiger partial charge in [0.1, 0.15) is 5.82 Å². The van der Waals surface area contributed by atoms with Gasteiger partial charge in [-0.1, -0.05) is 48.2 Å². The summed E-state index contributed by atoms with van der Waals surface area (Å²) in [5.41, 5.74) is 1.80. The molecule has 0 saturated carbocycles. The Morgan fingerprint density at radius 3 is 2.74 bits per heavy atom. The molecular weight excluding hydrogens is 309 g/mol. The van der Waals surface area contributed by atoms with Crippen LogP contribution < -0.4 is 5.32 Å². The zero-order valence-electron chi connectivity index (χ0n) is 12.9. The van der Waals surface area contributed by atoms with Crippen LogP contribution in [0, 0.1) is 17.7 Å². The molecule has 2 nitrogen and oxygen atoms in total. The fraction of sp³-hybridized carbons (Fsp3) is 0.211. The Labute approximate surface area is 140 Å². The number of thioether (sulfide) groups is 1. The highest BCUT2D eigenvalue weighted by atomic mass is 32.2. The maximum Gasteiger partial charge on any atom is 0.233 e. The van der Waals surface area contributed by atoms with Crippen LogP contribution in [0.1, 0.15) is 18.1 Å². The number of carbonyl (C=O) groups excluding carboxylic acids is 1. The molecule has 1 unspecified atom stereocenters. The minimum Gasteiger partial charge on any atom is -0.344 e. The van der Waals surface area contributed by atoms with E-state index in [9.17, 15) is 9.18 Å². The van der Waals surface area contributed by atoms with Crippen LogP contribution in [0.2, 0.25) is 0 Å². The summed E-state index contributed by atoms with van der Waals surface area (Å²) in [7, 11) is 0. The second-order valence-corrected chi connectivity index (χ2v) is 6.30. The molecule has 2 aromatic rings. The smallest absolute Gasteiger partial charge is 0.233 e. The van der Waals surface area contributed by atoms with E-state index in [4.69, 9.17) is 0 Å². The van der Waals surface area contributed by atoms with Gasteiger partial charge in [-0.25, -0.2) is 4.39 Å². The molecule has 0 aliphatic rings. The van der Waals surface area contributed by atoms with E-state index >= 15 is 0 Å². The fourth-order valence-electron chi connectivity index (χ4n) is 1.86. The summed E-state index contributed by atoms with van der Waals surface area (Å²) in [6.45, 7) is 2.13. The lowest BCUT2D eigenvalue weighted by Crippen LogP contribution is -2.31. The molecule has 0 aromatic heterocycles. The average molecular weight is 327 g/mol. The lowest BCUT2D eigenvalue weighted by Gasteiger charge is -2.10. The van der Waals surface area contributed by atoms with E-state index in [-0.39, 0.29) is 23.5 Å². The van der Waals surface area contributed by atoms with Gasteiger partial charge in [-0.05, 0) is 30.7 Å². The lowest BCUT2D eigenvalue weighted by atomic mass is 10.2. The van der Waals surface area contributed by atoms with Gasteiger partial charge in [0.15, 0.2) is 0 Å². The zero-order chi connectivity index (χ0) is 16.5. The Morgan fingerprint density at radius 1 is 1.22 bits per heavy atom. The van der Waals surface area contributed by atoms with Crippen LogP contribution in [0.15, 0.2) is 54.6 Å². The van der Waals surface area contributed by atoms with Crippen LogP contribution in [-0.4, -0.2) is 17.7 Å². The third kappa shape index (κ3) is 6.17. The molecule has 1 N–H and O–H groups in total. The number of benzene rings is 2. The van der Waals surface area contributed by atoms with Crippen molar-refractivity contribution < 1.29 is 9.18 Å². The first-order chi connectivity index (χ1) is 11.1. The molecule has 2 aromatic carbocycles. The Kier molecular flexibility index (Phi) is 6.71. The van der Waals surface area contributed by atoms with Crippen LogP contribution in [0.3, 0.4) is 0 Å². The Balaban J connectivity index is 1.74. The lowest BCUT2D eigenvalue weighted by molar-refractivity contribution is -0.120. The number of amides is 1. The van der Waals surface area contributed by atoms with Gasteiger partial charge in [0, 0.05) is 11.3 Å². The monoisotopic (exact) mass is 327 g/mol. The van der Waals surface area contributed by atoms with Gasteiger partial charge in [-0.3, -0.25) is 4.79 Å². The molecule has 23 heavy (non-hydrogen) atoms. The van der Waals surface area contributed by atoms with Crippen molar-refractivity contribution in [3.05, 3.63) is 71.5 Å². The minimum absolute atomic E-state index is 0.0422. The maximum atomic E-state index is 13.0. The number of hydrogen-bond donors (Lipinski definition) is 1. The Bertz CT molecular complexity index is 706. The summed E-state index contributed by atoms with van der Waals surface area (Å²) in [6.07, 6.45) is 0. The quantitative estimate of drug-likeness (QED) is 0.850. The van der Waals surface area contributed by atoms with Gasteiger partial charge < -0.3 is 5.32 Å². The topological polar surface area (TPSA) is 29.1 Å². The summed E-state index contributed by atoms with van der Waals surface area (Å²) < 4.78 is 13.0.